The summed E-state index contributed by atoms with van der Waals surface area (Å²) in [5.41, 5.74) is -0.0114. The molecule has 0 aromatic carbocycles. The Hall–Kier alpha value is -0.180. The van der Waals surface area contributed by atoms with Crippen LogP contribution in [0.2, 0.25) is 0 Å². The summed E-state index contributed by atoms with van der Waals surface area (Å²) in [5, 5.41) is 0. The molecule has 1 fully saturated rings. The number of hydrogen-bond donors (Lipinski definition) is 0. The number of likely N-dealkylation sites (tertiary alicyclic amines) is 1. The molecule has 1 saturated heterocycles. The van der Waals surface area contributed by atoms with Crippen LogP contribution in [0.1, 0.15) is 41.0 Å². The van der Waals surface area contributed by atoms with E-state index in [1.165, 1.54) is 0 Å². The van der Waals surface area contributed by atoms with Gasteiger partial charge in [-0.05, 0) is 41.0 Å². The van der Waals surface area contributed by atoms with Gasteiger partial charge >= 0.3 is 0 Å². The number of alkyl halides is 2. The molecule has 3 atom stereocenters. The lowest BCUT2D eigenvalue weighted by molar-refractivity contribution is 0.0328. The fourth-order valence-electron chi connectivity index (χ4n) is 2.90. The van der Waals surface area contributed by atoms with Crippen molar-refractivity contribution in [1.29, 1.82) is 0 Å². The van der Waals surface area contributed by atoms with E-state index in [0.717, 1.165) is 0 Å². The molecule has 0 aliphatic carbocycles. The summed E-state index contributed by atoms with van der Waals surface area (Å²) >= 11 is 0. The van der Waals surface area contributed by atoms with Crippen LogP contribution in [0.15, 0.2) is 0 Å². The standard InChI is InChI=1S/C11H21F2N/c1-7-6-9(10(12)13)8(2)14(7)11(3,4)5/h7-10H,6H2,1-5H3/t7-,8-,9+/m1/s1. The number of halogens is 2. The lowest BCUT2D eigenvalue weighted by Gasteiger charge is -2.39. The first-order valence-electron chi connectivity index (χ1n) is 5.31. The molecule has 84 valence electrons. The molecule has 1 nitrogen and oxygen atoms in total. The van der Waals surface area contributed by atoms with Gasteiger partial charge in [0.2, 0.25) is 6.43 Å². The second kappa shape index (κ2) is 3.76. The molecule has 3 heteroatoms. The maximum atomic E-state index is 12.7. The van der Waals surface area contributed by atoms with E-state index in [9.17, 15) is 8.78 Å². The van der Waals surface area contributed by atoms with Gasteiger partial charge in [-0.15, -0.1) is 0 Å². The summed E-state index contributed by atoms with van der Waals surface area (Å²) in [7, 11) is 0. The third kappa shape index (κ3) is 2.08. The molecule has 1 heterocycles. The van der Waals surface area contributed by atoms with Gasteiger partial charge in [0, 0.05) is 23.5 Å². The summed E-state index contributed by atoms with van der Waals surface area (Å²) < 4.78 is 25.4. The van der Waals surface area contributed by atoms with Crippen molar-refractivity contribution in [3.63, 3.8) is 0 Å². The highest BCUT2D eigenvalue weighted by Gasteiger charge is 2.44. The predicted octanol–water partition coefficient (Wildman–Crippen LogP) is 3.15. The molecule has 0 bridgehead atoms. The van der Waals surface area contributed by atoms with Crippen LogP contribution in [-0.2, 0) is 0 Å². The van der Waals surface area contributed by atoms with E-state index in [2.05, 4.69) is 25.7 Å². The predicted molar refractivity (Wildman–Crippen MR) is 54.6 cm³/mol. The zero-order chi connectivity index (χ0) is 11.1. The largest absolute Gasteiger partial charge is 0.293 e. The van der Waals surface area contributed by atoms with Crippen LogP contribution >= 0.6 is 0 Å². The fraction of sp³-hybridized carbons (Fsp3) is 1.00. The van der Waals surface area contributed by atoms with E-state index in [1.807, 2.05) is 13.8 Å². The number of rotatable bonds is 1. The van der Waals surface area contributed by atoms with E-state index < -0.39 is 12.3 Å². The van der Waals surface area contributed by atoms with Crippen LogP contribution in [0.5, 0.6) is 0 Å². The number of nitrogens with zero attached hydrogens (tertiary/aromatic N) is 1. The minimum Gasteiger partial charge on any atom is -0.293 e. The maximum absolute atomic E-state index is 12.7. The van der Waals surface area contributed by atoms with Crippen molar-refractivity contribution in [2.45, 2.75) is 65.1 Å². The highest BCUT2D eigenvalue weighted by molar-refractivity contribution is 4.96. The molecular formula is C11H21F2N. The quantitative estimate of drug-likeness (QED) is 0.635. The normalized spacial score (nSPS) is 35.6. The molecule has 0 spiro atoms. The molecule has 1 aliphatic rings. The second-order valence-electron chi connectivity index (χ2n) is 5.40. The van der Waals surface area contributed by atoms with Gasteiger partial charge in [-0.25, -0.2) is 8.78 Å². The van der Waals surface area contributed by atoms with Gasteiger partial charge < -0.3 is 0 Å². The highest BCUT2D eigenvalue weighted by atomic mass is 19.3. The minimum absolute atomic E-state index is 0.00926. The summed E-state index contributed by atoms with van der Waals surface area (Å²) in [4.78, 5) is 2.21. The smallest absolute Gasteiger partial charge is 0.242 e. The van der Waals surface area contributed by atoms with Crippen molar-refractivity contribution in [1.82, 2.24) is 4.90 Å². The van der Waals surface area contributed by atoms with Crippen LogP contribution in [0.3, 0.4) is 0 Å². The first-order chi connectivity index (χ1) is 6.25. The van der Waals surface area contributed by atoms with Gasteiger partial charge in [-0.2, -0.15) is 0 Å². The second-order valence-corrected chi connectivity index (χ2v) is 5.40. The van der Waals surface area contributed by atoms with Crippen LogP contribution in [0.4, 0.5) is 8.78 Å². The third-order valence-electron chi connectivity index (χ3n) is 3.24. The van der Waals surface area contributed by atoms with E-state index >= 15 is 0 Å². The Bertz CT molecular complexity index is 198. The Morgan fingerprint density at radius 2 is 1.71 bits per heavy atom. The Balaban J connectivity index is 2.80. The molecule has 0 radical (unpaired) electrons. The first kappa shape index (κ1) is 11.9. The zero-order valence-electron chi connectivity index (χ0n) is 9.72. The molecule has 0 unspecified atom stereocenters. The topological polar surface area (TPSA) is 3.24 Å². The molecule has 1 aliphatic heterocycles. The van der Waals surface area contributed by atoms with E-state index in [0.29, 0.717) is 6.42 Å². The van der Waals surface area contributed by atoms with Gasteiger partial charge in [0.25, 0.3) is 0 Å². The van der Waals surface area contributed by atoms with Crippen LogP contribution < -0.4 is 0 Å². The molecular weight excluding hydrogens is 184 g/mol. The SMILES string of the molecule is C[C@@H]1C[C@H](C(F)F)[C@@H](C)N1C(C)(C)C. The number of hydrogen-bond acceptors (Lipinski definition) is 1. The summed E-state index contributed by atoms with van der Waals surface area (Å²) in [6.45, 7) is 10.2. The maximum Gasteiger partial charge on any atom is 0.242 e. The Kier molecular flexibility index (Phi) is 3.20. The average Bonchev–Trinajstić information content (AvgIpc) is 2.24. The van der Waals surface area contributed by atoms with Gasteiger partial charge in [-0.3, -0.25) is 4.90 Å². The van der Waals surface area contributed by atoms with Gasteiger partial charge in [-0.1, -0.05) is 0 Å². The fourth-order valence-corrected chi connectivity index (χ4v) is 2.90. The summed E-state index contributed by atoms with van der Waals surface area (Å²) in [6.07, 6.45) is -1.56. The Labute approximate surface area is 85.5 Å². The third-order valence-corrected chi connectivity index (χ3v) is 3.24. The monoisotopic (exact) mass is 205 g/mol. The van der Waals surface area contributed by atoms with Gasteiger partial charge in [0.05, 0.1) is 0 Å². The molecule has 0 saturated carbocycles. The molecule has 0 amide bonds. The average molecular weight is 205 g/mol. The summed E-state index contributed by atoms with van der Waals surface area (Å²) in [6, 6.07) is 0.258. The van der Waals surface area contributed by atoms with Crippen molar-refractivity contribution >= 4 is 0 Å². The van der Waals surface area contributed by atoms with Crippen LogP contribution in [0.25, 0.3) is 0 Å². The molecule has 0 N–H and O–H groups in total. The van der Waals surface area contributed by atoms with Crippen molar-refractivity contribution < 1.29 is 8.78 Å². The Morgan fingerprint density at radius 1 is 1.21 bits per heavy atom. The van der Waals surface area contributed by atoms with Crippen molar-refractivity contribution in [2.24, 2.45) is 5.92 Å². The highest BCUT2D eigenvalue weighted by Crippen LogP contribution is 2.38. The van der Waals surface area contributed by atoms with Crippen LogP contribution in [-0.4, -0.2) is 28.9 Å². The van der Waals surface area contributed by atoms with Gasteiger partial charge in [0.15, 0.2) is 0 Å². The first-order valence-corrected chi connectivity index (χ1v) is 5.31. The van der Waals surface area contributed by atoms with Crippen molar-refractivity contribution in [2.75, 3.05) is 0 Å². The van der Waals surface area contributed by atoms with E-state index in [4.69, 9.17) is 0 Å². The molecule has 0 aromatic heterocycles. The van der Waals surface area contributed by atoms with Gasteiger partial charge in [0.1, 0.15) is 0 Å². The molecule has 1 rings (SSSR count). The molecule has 14 heavy (non-hydrogen) atoms. The zero-order valence-corrected chi connectivity index (χ0v) is 9.72. The lowest BCUT2D eigenvalue weighted by atomic mass is 10.00. The van der Waals surface area contributed by atoms with Crippen molar-refractivity contribution in [3.05, 3.63) is 0 Å². The van der Waals surface area contributed by atoms with E-state index in [1.54, 1.807) is 0 Å². The van der Waals surface area contributed by atoms with Crippen molar-refractivity contribution in [3.8, 4) is 0 Å². The van der Waals surface area contributed by atoms with E-state index in [-0.39, 0.29) is 17.6 Å². The Morgan fingerprint density at radius 3 is 1.93 bits per heavy atom. The summed E-state index contributed by atoms with van der Waals surface area (Å²) in [5.74, 6) is -0.454. The molecule has 0 aromatic rings. The van der Waals surface area contributed by atoms with Crippen LogP contribution in [0, 0.1) is 5.92 Å². The minimum atomic E-state index is -2.18. The lowest BCUT2D eigenvalue weighted by Crippen LogP contribution is -2.48.